The first-order chi connectivity index (χ1) is 15.7. The summed E-state index contributed by atoms with van der Waals surface area (Å²) in [5, 5.41) is 6.57. The fourth-order valence-corrected chi connectivity index (χ4v) is 5.54. The molecule has 6 heteroatoms. The minimum Gasteiger partial charge on any atom is -0.350 e. The molecule has 0 aliphatic carbocycles. The van der Waals surface area contributed by atoms with Crippen LogP contribution in [0.1, 0.15) is 39.8 Å². The number of hydrogen-bond donors (Lipinski definition) is 1. The predicted octanol–water partition coefficient (Wildman–Crippen LogP) is 5.02. The Bertz CT molecular complexity index is 1190. The molecular formula is C26H28N4OS. The lowest BCUT2D eigenvalue weighted by Crippen LogP contribution is -2.42. The molecule has 0 bridgehead atoms. The highest BCUT2D eigenvalue weighted by Crippen LogP contribution is 2.31. The summed E-state index contributed by atoms with van der Waals surface area (Å²) in [5.74, 6) is 0.305. The second-order valence-electron chi connectivity index (χ2n) is 8.60. The fraction of sp³-hybridized carbons (Fsp3) is 0.308. The smallest absolute Gasteiger partial charge is 0.261 e. The lowest BCUT2D eigenvalue weighted by Gasteiger charge is -2.37. The van der Waals surface area contributed by atoms with Crippen LogP contribution in [0.25, 0.3) is 10.9 Å². The number of benzene rings is 1. The SMILES string of the molecule is Cn1cc(CN2CCC[C@@H]([C@H](NC(=O)c3cccs3)c3ccccn3)C2)c2ccccc21. The molecule has 0 spiro atoms. The van der Waals surface area contributed by atoms with E-state index >= 15 is 0 Å². The van der Waals surface area contributed by atoms with E-state index in [1.807, 2.05) is 41.9 Å². The molecular weight excluding hydrogens is 416 g/mol. The maximum absolute atomic E-state index is 12.9. The van der Waals surface area contributed by atoms with Gasteiger partial charge in [-0.1, -0.05) is 30.3 Å². The summed E-state index contributed by atoms with van der Waals surface area (Å²) in [5.41, 5.74) is 3.57. The Hall–Kier alpha value is -2.96. The molecule has 2 atom stereocenters. The van der Waals surface area contributed by atoms with E-state index in [-0.39, 0.29) is 11.9 Å². The normalized spacial score (nSPS) is 18.0. The minimum atomic E-state index is -0.0962. The molecule has 3 aromatic heterocycles. The Balaban J connectivity index is 1.36. The summed E-state index contributed by atoms with van der Waals surface area (Å²) in [7, 11) is 2.11. The second kappa shape index (κ2) is 9.27. The van der Waals surface area contributed by atoms with E-state index in [0.29, 0.717) is 5.92 Å². The molecule has 1 amide bonds. The van der Waals surface area contributed by atoms with Gasteiger partial charge in [-0.2, -0.15) is 0 Å². The number of fused-ring (bicyclic) bond motifs is 1. The summed E-state index contributed by atoms with van der Waals surface area (Å²) < 4.78 is 2.21. The third-order valence-electron chi connectivity index (χ3n) is 6.42. The zero-order chi connectivity index (χ0) is 21.9. The zero-order valence-corrected chi connectivity index (χ0v) is 19.1. The predicted molar refractivity (Wildman–Crippen MR) is 130 cm³/mol. The Morgan fingerprint density at radius 2 is 2.06 bits per heavy atom. The van der Waals surface area contributed by atoms with Crippen LogP contribution in [0.2, 0.25) is 0 Å². The van der Waals surface area contributed by atoms with Crippen LogP contribution in [0.5, 0.6) is 0 Å². The number of aromatic nitrogens is 2. The van der Waals surface area contributed by atoms with Crippen molar-refractivity contribution in [3.63, 3.8) is 0 Å². The van der Waals surface area contributed by atoms with Crippen molar-refractivity contribution >= 4 is 28.1 Å². The molecule has 5 nitrogen and oxygen atoms in total. The number of nitrogens with one attached hydrogen (secondary N) is 1. The largest absolute Gasteiger partial charge is 0.350 e. The number of pyridine rings is 1. The van der Waals surface area contributed by atoms with Crippen LogP contribution < -0.4 is 5.32 Å². The van der Waals surface area contributed by atoms with Gasteiger partial charge < -0.3 is 9.88 Å². The van der Waals surface area contributed by atoms with Crippen LogP contribution in [-0.4, -0.2) is 33.4 Å². The van der Waals surface area contributed by atoms with Crippen molar-refractivity contribution in [2.75, 3.05) is 13.1 Å². The molecule has 1 aliphatic rings. The number of amides is 1. The molecule has 0 saturated carbocycles. The van der Waals surface area contributed by atoms with E-state index in [0.717, 1.165) is 43.0 Å². The van der Waals surface area contributed by atoms with Gasteiger partial charge in [-0.05, 0) is 60.5 Å². The van der Waals surface area contributed by atoms with E-state index < -0.39 is 0 Å². The molecule has 0 unspecified atom stereocenters. The summed E-state index contributed by atoms with van der Waals surface area (Å²) in [6, 6.07) is 18.3. The van der Waals surface area contributed by atoms with Crippen molar-refractivity contribution in [1.29, 1.82) is 0 Å². The Labute approximate surface area is 192 Å². The lowest BCUT2D eigenvalue weighted by atomic mass is 9.88. The number of aryl methyl sites for hydroxylation is 1. The van der Waals surface area contributed by atoms with Gasteiger partial charge in [0.25, 0.3) is 5.91 Å². The van der Waals surface area contributed by atoms with Crippen molar-refractivity contribution in [3.8, 4) is 0 Å². The molecule has 5 rings (SSSR count). The molecule has 4 heterocycles. The quantitative estimate of drug-likeness (QED) is 0.454. The first kappa shape index (κ1) is 20.9. The molecule has 1 aromatic carbocycles. The monoisotopic (exact) mass is 444 g/mol. The average molecular weight is 445 g/mol. The number of likely N-dealkylation sites (tertiary alicyclic amines) is 1. The third-order valence-corrected chi connectivity index (χ3v) is 7.29. The maximum atomic E-state index is 12.9. The highest BCUT2D eigenvalue weighted by Gasteiger charge is 2.31. The molecule has 164 valence electrons. The fourth-order valence-electron chi connectivity index (χ4n) is 4.91. The zero-order valence-electron chi connectivity index (χ0n) is 18.3. The van der Waals surface area contributed by atoms with Crippen LogP contribution in [0.3, 0.4) is 0 Å². The Morgan fingerprint density at radius 3 is 2.88 bits per heavy atom. The second-order valence-corrected chi connectivity index (χ2v) is 9.55. The van der Waals surface area contributed by atoms with Crippen LogP contribution >= 0.6 is 11.3 Å². The van der Waals surface area contributed by atoms with E-state index in [1.54, 1.807) is 0 Å². The average Bonchev–Trinajstić information content (AvgIpc) is 3.47. The molecule has 32 heavy (non-hydrogen) atoms. The van der Waals surface area contributed by atoms with Gasteiger partial charge in [-0.25, -0.2) is 0 Å². The van der Waals surface area contributed by atoms with Gasteiger partial charge in [0.05, 0.1) is 16.6 Å². The Morgan fingerprint density at radius 1 is 1.19 bits per heavy atom. The number of carbonyl (C=O) groups is 1. The van der Waals surface area contributed by atoms with Crippen molar-refractivity contribution < 1.29 is 4.79 Å². The number of nitrogens with zero attached hydrogens (tertiary/aromatic N) is 3. The lowest BCUT2D eigenvalue weighted by molar-refractivity contribution is 0.0879. The molecule has 1 N–H and O–H groups in total. The Kier molecular flexibility index (Phi) is 6.06. The van der Waals surface area contributed by atoms with Crippen LogP contribution in [-0.2, 0) is 13.6 Å². The van der Waals surface area contributed by atoms with E-state index in [9.17, 15) is 4.79 Å². The van der Waals surface area contributed by atoms with Crippen molar-refractivity contribution in [1.82, 2.24) is 19.8 Å². The molecule has 1 aliphatic heterocycles. The summed E-state index contributed by atoms with van der Waals surface area (Å²) in [6.45, 7) is 2.94. The van der Waals surface area contributed by atoms with E-state index in [2.05, 4.69) is 57.3 Å². The first-order valence-electron chi connectivity index (χ1n) is 11.2. The minimum absolute atomic E-state index is 0.0122. The van der Waals surface area contributed by atoms with Gasteiger partial charge >= 0.3 is 0 Å². The van der Waals surface area contributed by atoms with Gasteiger partial charge in [0.1, 0.15) is 0 Å². The van der Waals surface area contributed by atoms with Gasteiger partial charge in [0.15, 0.2) is 0 Å². The summed E-state index contributed by atoms with van der Waals surface area (Å²) in [4.78, 5) is 20.8. The first-order valence-corrected chi connectivity index (χ1v) is 12.1. The number of para-hydroxylation sites is 1. The maximum Gasteiger partial charge on any atom is 0.261 e. The highest BCUT2D eigenvalue weighted by molar-refractivity contribution is 7.12. The molecule has 1 saturated heterocycles. The van der Waals surface area contributed by atoms with Crippen LogP contribution in [0.4, 0.5) is 0 Å². The number of carbonyl (C=O) groups excluding carboxylic acids is 1. The van der Waals surface area contributed by atoms with Crippen LogP contribution in [0.15, 0.2) is 72.4 Å². The highest BCUT2D eigenvalue weighted by atomic mass is 32.1. The van der Waals surface area contributed by atoms with Gasteiger partial charge in [-0.15, -0.1) is 11.3 Å². The van der Waals surface area contributed by atoms with E-state index in [4.69, 9.17) is 0 Å². The van der Waals surface area contributed by atoms with Crippen molar-refractivity contribution in [2.24, 2.45) is 13.0 Å². The van der Waals surface area contributed by atoms with Crippen molar-refractivity contribution in [3.05, 3.63) is 88.5 Å². The summed E-state index contributed by atoms with van der Waals surface area (Å²) in [6.07, 6.45) is 6.27. The van der Waals surface area contributed by atoms with Gasteiger partial charge in [0.2, 0.25) is 0 Å². The van der Waals surface area contributed by atoms with Crippen LogP contribution in [0, 0.1) is 5.92 Å². The van der Waals surface area contributed by atoms with E-state index in [1.165, 1.54) is 27.8 Å². The standard InChI is InChI=1S/C26H28N4OS/c1-29-16-20(21-9-2-3-11-23(21)29)18-30-14-6-8-19(17-30)25(22-10-4-5-13-27-22)28-26(31)24-12-7-15-32-24/h2-5,7,9-13,15-16,19,25H,6,8,14,17-18H2,1H3,(H,28,31)/t19-,25+/m1/s1. The van der Waals surface area contributed by atoms with Gasteiger partial charge in [0, 0.05) is 43.4 Å². The van der Waals surface area contributed by atoms with Crippen molar-refractivity contribution in [2.45, 2.75) is 25.4 Å². The number of hydrogen-bond acceptors (Lipinski definition) is 4. The molecule has 0 radical (unpaired) electrons. The molecule has 4 aromatic rings. The number of piperidine rings is 1. The third kappa shape index (κ3) is 4.33. The molecule has 1 fully saturated rings. The number of thiophene rings is 1. The summed E-state index contributed by atoms with van der Waals surface area (Å²) >= 11 is 1.48. The topological polar surface area (TPSA) is 50.2 Å². The number of rotatable bonds is 6. The van der Waals surface area contributed by atoms with Gasteiger partial charge in [-0.3, -0.25) is 14.7 Å².